The highest BCUT2D eigenvalue weighted by molar-refractivity contribution is 7.89. The van der Waals surface area contributed by atoms with Crippen molar-refractivity contribution in [2.45, 2.75) is 24.3 Å². The molecule has 27 heavy (non-hydrogen) atoms. The summed E-state index contributed by atoms with van der Waals surface area (Å²) in [5, 5.41) is 2.55. The first-order chi connectivity index (χ1) is 12.9. The number of hydrogen-bond acceptors (Lipinski definition) is 3. The van der Waals surface area contributed by atoms with E-state index in [4.69, 9.17) is 23.2 Å². The Morgan fingerprint density at radius 1 is 1.07 bits per heavy atom. The molecular formula is C20H17Cl2NO2S2. The number of hydrogen-bond donors (Lipinski definition) is 0. The number of rotatable bonds is 3. The molecule has 3 nitrogen and oxygen atoms in total. The van der Waals surface area contributed by atoms with E-state index in [-0.39, 0.29) is 16.0 Å². The average Bonchev–Trinajstić information content (AvgIpc) is 3.12. The molecule has 1 aliphatic heterocycles. The number of aryl methyl sites for hydroxylation is 1. The van der Waals surface area contributed by atoms with Gasteiger partial charge in [0.25, 0.3) is 0 Å². The Morgan fingerprint density at radius 2 is 1.81 bits per heavy atom. The lowest BCUT2D eigenvalue weighted by atomic mass is 9.95. The van der Waals surface area contributed by atoms with Crippen LogP contribution in [-0.2, 0) is 16.4 Å². The molecule has 1 unspecified atom stereocenters. The minimum Gasteiger partial charge on any atom is -0.207 e. The predicted octanol–water partition coefficient (Wildman–Crippen LogP) is 5.70. The van der Waals surface area contributed by atoms with Crippen molar-refractivity contribution in [3.05, 3.63) is 85.5 Å². The van der Waals surface area contributed by atoms with E-state index in [0.29, 0.717) is 18.0 Å². The van der Waals surface area contributed by atoms with Crippen LogP contribution in [0.15, 0.2) is 58.8 Å². The van der Waals surface area contributed by atoms with E-state index in [1.54, 1.807) is 21.7 Å². The molecule has 7 heteroatoms. The Bertz CT molecular complexity index is 1090. The van der Waals surface area contributed by atoms with Crippen LogP contribution in [0.4, 0.5) is 0 Å². The van der Waals surface area contributed by atoms with E-state index >= 15 is 0 Å². The molecule has 0 spiro atoms. The summed E-state index contributed by atoms with van der Waals surface area (Å²) in [6, 6.07) is 14.2. The summed E-state index contributed by atoms with van der Waals surface area (Å²) in [6.07, 6.45) is 0.687. The van der Waals surface area contributed by atoms with Crippen LogP contribution in [0.3, 0.4) is 0 Å². The van der Waals surface area contributed by atoms with Gasteiger partial charge < -0.3 is 0 Å². The predicted molar refractivity (Wildman–Crippen MR) is 111 cm³/mol. The zero-order valence-corrected chi connectivity index (χ0v) is 17.7. The van der Waals surface area contributed by atoms with E-state index in [1.165, 1.54) is 17.0 Å². The fourth-order valence-electron chi connectivity index (χ4n) is 3.45. The van der Waals surface area contributed by atoms with Crippen LogP contribution >= 0.6 is 34.5 Å². The van der Waals surface area contributed by atoms with Gasteiger partial charge in [-0.25, -0.2) is 8.42 Å². The molecule has 3 aromatic rings. The molecule has 0 bridgehead atoms. The molecule has 2 heterocycles. The third kappa shape index (κ3) is 3.43. The first-order valence-electron chi connectivity index (χ1n) is 8.47. The maximum Gasteiger partial charge on any atom is 0.245 e. The van der Waals surface area contributed by atoms with E-state index in [1.807, 2.05) is 42.6 Å². The molecule has 0 saturated carbocycles. The summed E-state index contributed by atoms with van der Waals surface area (Å²) in [5.74, 6) is 0. The summed E-state index contributed by atoms with van der Waals surface area (Å²) >= 11 is 14.0. The summed E-state index contributed by atoms with van der Waals surface area (Å²) in [5.41, 5.74) is 3.12. The zero-order valence-electron chi connectivity index (χ0n) is 14.5. The number of nitrogens with zero attached hydrogens (tertiary/aromatic N) is 1. The van der Waals surface area contributed by atoms with Crippen LogP contribution in [0, 0.1) is 6.92 Å². The van der Waals surface area contributed by atoms with Crippen molar-refractivity contribution in [2.75, 3.05) is 6.54 Å². The van der Waals surface area contributed by atoms with Gasteiger partial charge in [-0.2, -0.15) is 4.31 Å². The highest BCUT2D eigenvalue weighted by Crippen LogP contribution is 2.42. The first kappa shape index (κ1) is 19.0. The van der Waals surface area contributed by atoms with Gasteiger partial charge in [0.2, 0.25) is 10.0 Å². The molecule has 0 saturated heterocycles. The van der Waals surface area contributed by atoms with Crippen LogP contribution in [0.1, 0.15) is 27.6 Å². The minimum atomic E-state index is -3.82. The first-order valence-corrected chi connectivity index (χ1v) is 11.6. The Kier molecular flexibility index (Phi) is 5.08. The van der Waals surface area contributed by atoms with E-state index in [2.05, 4.69) is 0 Å². The third-order valence-electron chi connectivity index (χ3n) is 4.79. The topological polar surface area (TPSA) is 37.4 Å². The molecule has 0 aliphatic carbocycles. The van der Waals surface area contributed by atoms with Gasteiger partial charge in [-0.05, 0) is 54.1 Å². The van der Waals surface area contributed by atoms with Crippen molar-refractivity contribution in [2.24, 2.45) is 0 Å². The highest BCUT2D eigenvalue weighted by Gasteiger charge is 2.38. The Labute approximate surface area is 173 Å². The molecule has 0 radical (unpaired) electrons. The summed E-state index contributed by atoms with van der Waals surface area (Å²) in [6.45, 7) is 2.41. The van der Waals surface area contributed by atoms with Crippen LogP contribution in [0.2, 0.25) is 10.0 Å². The molecule has 1 aromatic heterocycles. The van der Waals surface area contributed by atoms with Crippen molar-refractivity contribution < 1.29 is 8.42 Å². The molecule has 0 amide bonds. The summed E-state index contributed by atoms with van der Waals surface area (Å²) in [4.78, 5) is 1.27. The van der Waals surface area contributed by atoms with Crippen LogP contribution in [0.5, 0.6) is 0 Å². The van der Waals surface area contributed by atoms with E-state index < -0.39 is 10.0 Å². The standard InChI is InChI=1S/C20H17Cl2NO2S2/c1-13-2-4-14(5-3-13)20-16-9-11-26-18(16)8-10-23(20)27(24,25)19-12-15(21)6-7-17(19)22/h2-7,9,11-12,20H,8,10H2,1H3. The fraction of sp³-hybridized carbons (Fsp3) is 0.200. The van der Waals surface area contributed by atoms with E-state index in [9.17, 15) is 8.42 Å². The van der Waals surface area contributed by atoms with Gasteiger partial charge >= 0.3 is 0 Å². The lowest BCUT2D eigenvalue weighted by Crippen LogP contribution is -2.40. The fourth-order valence-corrected chi connectivity index (χ4v) is 6.69. The maximum absolute atomic E-state index is 13.5. The quantitative estimate of drug-likeness (QED) is 0.526. The van der Waals surface area contributed by atoms with Gasteiger partial charge in [-0.3, -0.25) is 0 Å². The largest absolute Gasteiger partial charge is 0.245 e. The van der Waals surface area contributed by atoms with Gasteiger partial charge in [0, 0.05) is 16.4 Å². The Morgan fingerprint density at radius 3 is 2.56 bits per heavy atom. The number of fused-ring (bicyclic) bond motifs is 1. The smallest absolute Gasteiger partial charge is 0.207 e. The van der Waals surface area contributed by atoms with Gasteiger partial charge in [0.05, 0.1) is 11.1 Å². The summed E-state index contributed by atoms with van der Waals surface area (Å²) in [7, 11) is -3.82. The molecule has 0 fully saturated rings. The second-order valence-electron chi connectivity index (χ2n) is 6.55. The molecule has 0 N–H and O–H groups in total. The van der Waals surface area contributed by atoms with E-state index in [0.717, 1.165) is 16.7 Å². The number of thiophene rings is 1. The molecule has 140 valence electrons. The number of halogens is 2. The van der Waals surface area contributed by atoms with Gasteiger partial charge in [0.1, 0.15) is 4.90 Å². The number of sulfonamides is 1. The molecule has 1 atom stereocenters. The third-order valence-corrected chi connectivity index (χ3v) is 8.37. The Hall–Kier alpha value is -1.37. The normalized spacial score (nSPS) is 17.7. The molecule has 4 rings (SSSR count). The molecular weight excluding hydrogens is 421 g/mol. The van der Waals surface area contributed by atoms with Crippen LogP contribution in [-0.4, -0.2) is 19.3 Å². The maximum atomic E-state index is 13.5. The Balaban J connectivity index is 1.87. The van der Waals surface area contributed by atoms with Gasteiger partial charge in [-0.15, -0.1) is 11.3 Å². The van der Waals surface area contributed by atoms with Crippen molar-refractivity contribution >= 4 is 44.6 Å². The SMILES string of the molecule is Cc1ccc(C2c3ccsc3CCN2S(=O)(=O)c2cc(Cl)ccc2Cl)cc1. The van der Waals surface area contributed by atoms with Gasteiger partial charge in [0.15, 0.2) is 0 Å². The summed E-state index contributed by atoms with van der Waals surface area (Å²) < 4.78 is 28.6. The molecule has 1 aliphatic rings. The molecule has 2 aromatic carbocycles. The second-order valence-corrected chi connectivity index (χ2v) is 10.3. The monoisotopic (exact) mass is 437 g/mol. The van der Waals surface area contributed by atoms with Crippen molar-refractivity contribution in [3.8, 4) is 0 Å². The van der Waals surface area contributed by atoms with Crippen molar-refractivity contribution in [1.29, 1.82) is 0 Å². The van der Waals surface area contributed by atoms with Gasteiger partial charge in [-0.1, -0.05) is 53.0 Å². The number of benzene rings is 2. The minimum absolute atomic E-state index is 0.0486. The average molecular weight is 438 g/mol. The van der Waals surface area contributed by atoms with Crippen molar-refractivity contribution in [1.82, 2.24) is 4.31 Å². The van der Waals surface area contributed by atoms with Crippen LogP contribution < -0.4 is 0 Å². The highest BCUT2D eigenvalue weighted by atomic mass is 35.5. The zero-order chi connectivity index (χ0) is 19.2. The van der Waals surface area contributed by atoms with Crippen molar-refractivity contribution in [3.63, 3.8) is 0 Å². The lowest BCUT2D eigenvalue weighted by molar-refractivity contribution is 0.347. The lowest BCUT2D eigenvalue weighted by Gasteiger charge is -2.35. The second kappa shape index (κ2) is 7.22. The van der Waals surface area contributed by atoms with Crippen LogP contribution in [0.25, 0.3) is 0 Å².